The molecule has 0 aromatic rings. The van der Waals surface area contributed by atoms with Crippen LogP contribution in [0.25, 0.3) is 0 Å². The molecule has 0 aliphatic heterocycles. The van der Waals surface area contributed by atoms with Crippen molar-refractivity contribution in [2.24, 2.45) is 5.92 Å². The van der Waals surface area contributed by atoms with E-state index in [9.17, 15) is 0 Å². The van der Waals surface area contributed by atoms with Crippen molar-refractivity contribution in [2.75, 3.05) is 6.54 Å². The van der Waals surface area contributed by atoms with Gasteiger partial charge in [0.1, 0.15) is 0 Å². The Morgan fingerprint density at radius 3 is 2.60 bits per heavy atom. The maximum absolute atomic E-state index is 9.14. The summed E-state index contributed by atoms with van der Waals surface area (Å²) in [4.78, 5) is 0. The molecule has 0 aliphatic carbocycles. The zero-order valence-corrected chi connectivity index (χ0v) is 6.46. The number of hydrogen-bond acceptors (Lipinski definition) is 3. The Morgan fingerprint density at radius 1 is 1.60 bits per heavy atom. The minimum absolute atomic E-state index is 0.370. The summed E-state index contributed by atoms with van der Waals surface area (Å²) in [7, 11) is 0. The normalized spacial score (nSPS) is 12.7. The maximum Gasteiger partial charge on any atom is 0.176 e. The summed E-state index contributed by atoms with van der Waals surface area (Å²) in [6.07, 6.45) is 2.12. The largest absolute Gasteiger partial charge is 0.391 e. The molecule has 1 unspecified atom stereocenters. The Balaban J connectivity index is 3.27. The Hall–Kier alpha value is -0.750. The lowest BCUT2D eigenvalue weighted by molar-refractivity contribution is 0.151. The van der Waals surface area contributed by atoms with E-state index < -0.39 is 0 Å². The summed E-state index contributed by atoms with van der Waals surface area (Å²) in [6, 6.07) is 0. The van der Waals surface area contributed by atoms with Gasteiger partial charge in [-0.2, -0.15) is 5.26 Å². The van der Waals surface area contributed by atoms with Crippen LogP contribution in [0.5, 0.6) is 0 Å². The summed E-state index contributed by atoms with van der Waals surface area (Å²) < 4.78 is 0. The van der Waals surface area contributed by atoms with Crippen LogP contribution in [0, 0.1) is 17.4 Å². The molecule has 58 valence electrons. The molecule has 1 atom stereocenters. The van der Waals surface area contributed by atoms with Crippen molar-refractivity contribution in [3.05, 3.63) is 0 Å². The van der Waals surface area contributed by atoms with E-state index in [0.29, 0.717) is 12.5 Å². The van der Waals surface area contributed by atoms with Crippen LogP contribution in [0.2, 0.25) is 0 Å². The third-order valence-corrected chi connectivity index (χ3v) is 1.16. The van der Waals surface area contributed by atoms with Gasteiger partial charge in [-0.1, -0.05) is 13.8 Å². The van der Waals surface area contributed by atoms with Crippen LogP contribution in [0.4, 0.5) is 0 Å². The van der Waals surface area contributed by atoms with Crippen molar-refractivity contribution < 1.29 is 5.11 Å². The van der Waals surface area contributed by atoms with Crippen LogP contribution >= 0.6 is 0 Å². The molecular formula is C7H14N2O. The van der Waals surface area contributed by atoms with Crippen molar-refractivity contribution in [2.45, 2.75) is 26.4 Å². The first-order chi connectivity index (χ1) is 4.66. The first kappa shape index (κ1) is 9.25. The fourth-order valence-electron chi connectivity index (χ4n) is 0.791. The fourth-order valence-corrected chi connectivity index (χ4v) is 0.791. The molecule has 0 saturated heterocycles. The monoisotopic (exact) mass is 142 g/mol. The lowest BCUT2D eigenvalue weighted by Crippen LogP contribution is -2.24. The van der Waals surface area contributed by atoms with Crippen molar-refractivity contribution in [3.8, 4) is 6.19 Å². The third-order valence-electron chi connectivity index (χ3n) is 1.16. The van der Waals surface area contributed by atoms with Gasteiger partial charge in [0.2, 0.25) is 0 Å². The highest BCUT2D eigenvalue weighted by Crippen LogP contribution is 2.02. The number of rotatable bonds is 4. The molecule has 0 rings (SSSR count). The highest BCUT2D eigenvalue weighted by Gasteiger charge is 2.04. The molecule has 0 fully saturated rings. The molecule has 2 N–H and O–H groups in total. The van der Waals surface area contributed by atoms with Gasteiger partial charge in [-0.05, 0) is 12.3 Å². The molecule has 0 aromatic carbocycles. The van der Waals surface area contributed by atoms with Crippen LogP contribution < -0.4 is 5.32 Å². The lowest BCUT2D eigenvalue weighted by atomic mass is 10.1. The molecule has 10 heavy (non-hydrogen) atoms. The number of aliphatic hydroxyl groups is 1. The summed E-state index contributed by atoms with van der Waals surface area (Å²) in [6.45, 7) is 4.44. The smallest absolute Gasteiger partial charge is 0.176 e. The van der Waals surface area contributed by atoms with Crippen molar-refractivity contribution in [1.82, 2.24) is 5.32 Å². The molecule has 3 nitrogen and oxygen atoms in total. The fraction of sp³-hybridized carbons (Fsp3) is 0.857. The van der Waals surface area contributed by atoms with Gasteiger partial charge in [-0.25, -0.2) is 0 Å². The molecule has 0 spiro atoms. The van der Waals surface area contributed by atoms with E-state index in [-0.39, 0.29) is 6.10 Å². The second-order valence-corrected chi connectivity index (χ2v) is 2.78. The number of nitrogens with one attached hydrogen (secondary N) is 1. The Bertz CT molecular complexity index is 117. The Kier molecular flexibility index (Phi) is 4.69. The Labute approximate surface area is 61.7 Å². The highest BCUT2D eigenvalue weighted by molar-refractivity contribution is 4.69. The molecule has 0 radical (unpaired) electrons. The van der Waals surface area contributed by atoms with E-state index in [1.807, 2.05) is 13.8 Å². The second-order valence-electron chi connectivity index (χ2n) is 2.78. The van der Waals surface area contributed by atoms with Gasteiger partial charge < -0.3 is 10.4 Å². The Morgan fingerprint density at radius 2 is 2.20 bits per heavy atom. The van der Waals surface area contributed by atoms with Crippen molar-refractivity contribution >= 4 is 0 Å². The van der Waals surface area contributed by atoms with Gasteiger partial charge in [-0.15, -0.1) is 0 Å². The van der Waals surface area contributed by atoms with E-state index in [4.69, 9.17) is 10.4 Å². The first-order valence-corrected chi connectivity index (χ1v) is 3.46. The second kappa shape index (κ2) is 5.07. The summed E-state index contributed by atoms with van der Waals surface area (Å²) in [5.41, 5.74) is 0. The van der Waals surface area contributed by atoms with Gasteiger partial charge >= 0.3 is 0 Å². The molecule has 0 aromatic heterocycles. The quantitative estimate of drug-likeness (QED) is 0.443. The van der Waals surface area contributed by atoms with Crippen LogP contribution in [-0.4, -0.2) is 17.8 Å². The number of aliphatic hydroxyl groups excluding tert-OH is 1. The van der Waals surface area contributed by atoms with Crippen LogP contribution in [0.1, 0.15) is 20.3 Å². The van der Waals surface area contributed by atoms with Gasteiger partial charge in [0.05, 0.1) is 12.6 Å². The minimum atomic E-state index is -0.389. The van der Waals surface area contributed by atoms with E-state index >= 15 is 0 Å². The van der Waals surface area contributed by atoms with E-state index in [2.05, 4.69) is 5.32 Å². The molecule has 0 heterocycles. The average Bonchev–Trinajstić information content (AvgIpc) is 1.82. The first-order valence-electron chi connectivity index (χ1n) is 3.46. The predicted octanol–water partition coefficient (Wildman–Crippen LogP) is 0.464. The lowest BCUT2D eigenvalue weighted by Gasteiger charge is -2.10. The van der Waals surface area contributed by atoms with Gasteiger partial charge in [0, 0.05) is 0 Å². The zero-order chi connectivity index (χ0) is 7.98. The van der Waals surface area contributed by atoms with Crippen LogP contribution in [-0.2, 0) is 0 Å². The molecule has 3 heteroatoms. The molecule has 0 saturated carbocycles. The topological polar surface area (TPSA) is 56.0 Å². The van der Waals surface area contributed by atoms with Crippen molar-refractivity contribution in [1.29, 1.82) is 5.26 Å². The predicted molar refractivity (Wildman–Crippen MR) is 39.1 cm³/mol. The number of nitrogens with zero attached hydrogens (tertiary/aromatic N) is 1. The molecule has 0 bridgehead atoms. The van der Waals surface area contributed by atoms with E-state index in [1.54, 1.807) is 6.19 Å². The molecular weight excluding hydrogens is 128 g/mol. The number of nitriles is 1. The van der Waals surface area contributed by atoms with Crippen LogP contribution in [0.3, 0.4) is 0 Å². The van der Waals surface area contributed by atoms with Crippen LogP contribution in [0.15, 0.2) is 0 Å². The minimum Gasteiger partial charge on any atom is -0.391 e. The van der Waals surface area contributed by atoms with Crippen molar-refractivity contribution in [3.63, 3.8) is 0 Å². The maximum atomic E-state index is 9.14. The standard InChI is InChI=1S/C7H14N2O/c1-6(2)3-7(10)4-9-5-8/h6-7,9-10H,3-4H2,1-2H3. The average molecular weight is 142 g/mol. The third kappa shape index (κ3) is 5.39. The summed E-state index contributed by atoms with van der Waals surface area (Å²) in [5, 5.41) is 19.6. The van der Waals surface area contributed by atoms with E-state index in [0.717, 1.165) is 6.42 Å². The SMILES string of the molecule is CC(C)CC(O)CNC#N. The van der Waals surface area contributed by atoms with Gasteiger partial charge in [-0.3, -0.25) is 0 Å². The van der Waals surface area contributed by atoms with Gasteiger partial charge in [0.15, 0.2) is 6.19 Å². The summed E-state index contributed by atoms with van der Waals surface area (Å²) in [5.74, 6) is 0.482. The summed E-state index contributed by atoms with van der Waals surface area (Å²) >= 11 is 0. The molecule has 0 aliphatic rings. The highest BCUT2D eigenvalue weighted by atomic mass is 16.3. The van der Waals surface area contributed by atoms with Gasteiger partial charge in [0.25, 0.3) is 0 Å². The number of hydrogen-bond donors (Lipinski definition) is 2. The zero-order valence-electron chi connectivity index (χ0n) is 6.46. The van der Waals surface area contributed by atoms with E-state index in [1.165, 1.54) is 0 Å². The molecule has 0 amide bonds.